The highest BCUT2D eigenvalue weighted by Crippen LogP contribution is 2.44. The summed E-state index contributed by atoms with van der Waals surface area (Å²) in [7, 11) is 0. The SMILES string of the molecule is CCCC1CCC(O)(CC2CC2)CC1. The van der Waals surface area contributed by atoms with Crippen LogP contribution in [0.3, 0.4) is 0 Å². The maximum Gasteiger partial charge on any atom is 0.0650 e. The summed E-state index contributed by atoms with van der Waals surface area (Å²) < 4.78 is 0. The summed E-state index contributed by atoms with van der Waals surface area (Å²) in [6.45, 7) is 2.27. The minimum atomic E-state index is -0.259. The van der Waals surface area contributed by atoms with E-state index in [0.29, 0.717) is 0 Å². The van der Waals surface area contributed by atoms with Crippen LogP contribution in [0.25, 0.3) is 0 Å². The van der Waals surface area contributed by atoms with Crippen LogP contribution in [0.4, 0.5) is 0 Å². The molecule has 0 spiro atoms. The summed E-state index contributed by atoms with van der Waals surface area (Å²) in [5.41, 5.74) is -0.259. The van der Waals surface area contributed by atoms with E-state index in [9.17, 15) is 5.11 Å². The van der Waals surface area contributed by atoms with Crippen molar-refractivity contribution in [1.82, 2.24) is 0 Å². The highest BCUT2D eigenvalue weighted by Gasteiger charge is 2.37. The summed E-state index contributed by atoms with van der Waals surface area (Å²) in [6, 6.07) is 0. The van der Waals surface area contributed by atoms with Crippen LogP contribution >= 0.6 is 0 Å². The fraction of sp³-hybridized carbons (Fsp3) is 1.00. The van der Waals surface area contributed by atoms with E-state index in [1.54, 1.807) is 0 Å². The minimum absolute atomic E-state index is 0.259. The van der Waals surface area contributed by atoms with Gasteiger partial charge in [-0.05, 0) is 43.9 Å². The Morgan fingerprint density at radius 1 is 1.07 bits per heavy atom. The van der Waals surface area contributed by atoms with Crippen molar-refractivity contribution in [3.05, 3.63) is 0 Å². The highest BCUT2D eigenvalue weighted by atomic mass is 16.3. The van der Waals surface area contributed by atoms with Gasteiger partial charge in [-0.15, -0.1) is 0 Å². The molecule has 14 heavy (non-hydrogen) atoms. The average molecular weight is 196 g/mol. The molecule has 0 aromatic carbocycles. The third kappa shape index (κ3) is 2.73. The first-order valence-corrected chi connectivity index (χ1v) is 6.44. The monoisotopic (exact) mass is 196 g/mol. The Morgan fingerprint density at radius 3 is 2.21 bits per heavy atom. The molecule has 1 nitrogen and oxygen atoms in total. The molecule has 0 heterocycles. The summed E-state index contributed by atoms with van der Waals surface area (Å²) in [5, 5.41) is 10.4. The van der Waals surface area contributed by atoms with Crippen LogP contribution in [-0.2, 0) is 0 Å². The first-order valence-electron chi connectivity index (χ1n) is 6.44. The summed E-state index contributed by atoms with van der Waals surface area (Å²) >= 11 is 0. The van der Waals surface area contributed by atoms with Crippen molar-refractivity contribution in [3.8, 4) is 0 Å². The molecule has 1 N–H and O–H groups in total. The van der Waals surface area contributed by atoms with Crippen LogP contribution in [0.2, 0.25) is 0 Å². The molecule has 0 radical (unpaired) electrons. The third-order valence-electron chi connectivity index (χ3n) is 4.10. The number of aliphatic hydroxyl groups is 1. The van der Waals surface area contributed by atoms with Gasteiger partial charge in [0.25, 0.3) is 0 Å². The van der Waals surface area contributed by atoms with E-state index in [-0.39, 0.29) is 5.60 Å². The van der Waals surface area contributed by atoms with Crippen LogP contribution < -0.4 is 0 Å². The zero-order valence-electron chi connectivity index (χ0n) is 9.47. The normalized spacial score (nSPS) is 38.6. The molecule has 2 fully saturated rings. The number of hydrogen-bond donors (Lipinski definition) is 1. The fourth-order valence-electron chi connectivity index (χ4n) is 2.98. The second-order valence-electron chi connectivity index (χ2n) is 5.60. The molecule has 2 rings (SSSR count). The van der Waals surface area contributed by atoms with Gasteiger partial charge in [0.2, 0.25) is 0 Å². The van der Waals surface area contributed by atoms with E-state index < -0.39 is 0 Å². The van der Waals surface area contributed by atoms with Gasteiger partial charge in [0, 0.05) is 0 Å². The first kappa shape index (κ1) is 10.5. The summed E-state index contributed by atoms with van der Waals surface area (Å²) in [4.78, 5) is 0. The molecule has 0 unspecified atom stereocenters. The predicted molar refractivity (Wildman–Crippen MR) is 59.2 cm³/mol. The summed E-state index contributed by atoms with van der Waals surface area (Å²) in [6.07, 6.45) is 11.2. The van der Waals surface area contributed by atoms with Crippen LogP contribution in [0, 0.1) is 11.8 Å². The standard InChI is InChI=1S/C13H24O/c1-2-3-11-6-8-13(14,9-7-11)10-12-4-5-12/h11-12,14H,2-10H2,1H3. The summed E-state index contributed by atoms with van der Waals surface area (Å²) in [5.74, 6) is 1.79. The second kappa shape index (κ2) is 4.22. The van der Waals surface area contributed by atoms with Crippen LogP contribution in [0.15, 0.2) is 0 Å². The van der Waals surface area contributed by atoms with Crippen molar-refractivity contribution in [2.24, 2.45) is 11.8 Å². The van der Waals surface area contributed by atoms with E-state index in [4.69, 9.17) is 0 Å². The Hall–Kier alpha value is -0.0400. The quantitative estimate of drug-likeness (QED) is 0.729. The van der Waals surface area contributed by atoms with Gasteiger partial charge >= 0.3 is 0 Å². The molecule has 0 aliphatic heterocycles. The van der Waals surface area contributed by atoms with Gasteiger partial charge in [0.15, 0.2) is 0 Å². The predicted octanol–water partition coefficient (Wildman–Crippen LogP) is 3.51. The Kier molecular flexibility index (Phi) is 3.16. The van der Waals surface area contributed by atoms with Crippen molar-refractivity contribution in [1.29, 1.82) is 0 Å². The van der Waals surface area contributed by atoms with E-state index in [0.717, 1.165) is 31.1 Å². The Balaban J connectivity index is 1.75. The molecule has 0 aromatic rings. The van der Waals surface area contributed by atoms with Crippen molar-refractivity contribution in [2.75, 3.05) is 0 Å². The lowest BCUT2D eigenvalue weighted by Crippen LogP contribution is -2.34. The number of hydrogen-bond acceptors (Lipinski definition) is 1. The fourth-order valence-corrected chi connectivity index (χ4v) is 2.98. The van der Waals surface area contributed by atoms with E-state index >= 15 is 0 Å². The lowest BCUT2D eigenvalue weighted by molar-refractivity contribution is -0.0219. The van der Waals surface area contributed by atoms with Gasteiger partial charge in [-0.3, -0.25) is 0 Å². The molecule has 2 aliphatic rings. The minimum Gasteiger partial charge on any atom is -0.390 e. The van der Waals surface area contributed by atoms with Crippen LogP contribution in [0.5, 0.6) is 0 Å². The zero-order chi connectivity index (χ0) is 10.0. The average Bonchev–Trinajstić information content (AvgIpc) is 2.93. The molecule has 0 bridgehead atoms. The van der Waals surface area contributed by atoms with E-state index in [1.807, 2.05) is 0 Å². The Labute approximate surface area is 87.9 Å². The van der Waals surface area contributed by atoms with Gasteiger partial charge in [-0.1, -0.05) is 32.6 Å². The molecular weight excluding hydrogens is 172 g/mol. The van der Waals surface area contributed by atoms with Gasteiger partial charge < -0.3 is 5.11 Å². The van der Waals surface area contributed by atoms with Crippen molar-refractivity contribution < 1.29 is 5.11 Å². The van der Waals surface area contributed by atoms with Gasteiger partial charge in [0.05, 0.1) is 5.60 Å². The smallest absolute Gasteiger partial charge is 0.0650 e. The molecule has 0 saturated heterocycles. The third-order valence-corrected chi connectivity index (χ3v) is 4.10. The molecule has 2 aliphatic carbocycles. The Morgan fingerprint density at radius 2 is 1.71 bits per heavy atom. The molecule has 1 heteroatoms. The van der Waals surface area contributed by atoms with Gasteiger partial charge in [0.1, 0.15) is 0 Å². The maximum absolute atomic E-state index is 10.4. The van der Waals surface area contributed by atoms with E-state index in [1.165, 1.54) is 38.5 Å². The topological polar surface area (TPSA) is 20.2 Å². The van der Waals surface area contributed by atoms with Crippen LogP contribution in [-0.4, -0.2) is 10.7 Å². The maximum atomic E-state index is 10.4. The molecule has 0 aromatic heterocycles. The first-order chi connectivity index (χ1) is 6.72. The highest BCUT2D eigenvalue weighted by molar-refractivity contribution is 4.90. The van der Waals surface area contributed by atoms with Crippen molar-refractivity contribution >= 4 is 0 Å². The molecule has 0 atom stereocenters. The number of rotatable bonds is 4. The van der Waals surface area contributed by atoms with Crippen molar-refractivity contribution in [2.45, 2.75) is 70.3 Å². The van der Waals surface area contributed by atoms with Crippen LogP contribution in [0.1, 0.15) is 64.7 Å². The lowest BCUT2D eigenvalue weighted by atomic mass is 9.75. The molecular formula is C13H24O. The lowest BCUT2D eigenvalue weighted by Gasteiger charge is -2.36. The largest absolute Gasteiger partial charge is 0.390 e. The molecule has 2 saturated carbocycles. The van der Waals surface area contributed by atoms with Crippen molar-refractivity contribution in [3.63, 3.8) is 0 Å². The second-order valence-corrected chi connectivity index (χ2v) is 5.60. The van der Waals surface area contributed by atoms with E-state index in [2.05, 4.69) is 6.92 Å². The van der Waals surface area contributed by atoms with Gasteiger partial charge in [-0.2, -0.15) is 0 Å². The zero-order valence-corrected chi connectivity index (χ0v) is 9.47. The Bertz CT molecular complexity index is 176. The molecule has 0 amide bonds. The molecule has 82 valence electrons. The van der Waals surface area contributed by atoms with Gasteiger partial charge in [-0.25, -0.2) is 0 Å².